The molecule has 7 nitrogen and oxygen atoms in total. The average Bonchev–Trinajstić information content (AvgIpc) is 2.76. The minimum atomic E-state index is -0.526. The highest BCUT2D eigenvalue weighted by molar-refractivity contribution is 5.60. The summed E-state index contributed by atoms with van der Waals surface area (Å²) < 4.78 is 1.51. The molecule has 0 bridgehead atoms. The first-order valence-corrected chi connectivity index (χ1v) is 5.80. The van der Waals surface area contributed by atoms with Gasteiger partial charge in [-0.2, -0.15) is 5.10 Å². The maximum atomic E-state index is 10.9. The fourth-order valence-corrected chi connectivity index (χ4v) is 1.73. The van der Waals surface area contributed by atoms with Crippen LogP contribution in [0.25, 0.3) is 11.4 Å². The molecule has 1 aromatic carbocycles. The Labute approximate surface area is 109 Å². The van der Waals surface area contributed by atoms with Crippen LogP contribution < -0.4 is 0 Å². The monoisotopic (exact) mass is 262 g/mol. The lowest BCUT2D eigenvalue weighted by Crippen LogP contribution is -2.11. The van der Waals surface area contributed by atoms with Crippen LogP contribution in [0.1, 0.15) is 12.5 Å². The molecule has 1 atom stereocenters. The maximum absolute atomic E-state index is 10.9. The summed E-state index contributed by atoms with van der Waals surface area (Å²) in [6.07, 6.45) is 0.968. The molecule has 0 fully saturated rings. The van der Waals surface area contributed by atoms with Gasteiger partial charge in [-0.1, -0.05) is 12.1 Å². The van der Waals surface area contributed by atoms with Crippen LogP contribution in [0.5, 0.6) is 0 Å². The number of benzene rings is 1. The number of rotatable bonds is 4. The lowest BCUT2D eigenvalue weighted by molar-refractivity contribution is -0.385. The number of hydrogen-bond acceptors (Lipinski definition) is 5. The van der Waals surface area contributed by atoms with Gasteiger partial charge in [0.15, 0.2) is 5.82 Å². The van der Waals surface area contributed by atoms with E-state index in [2.05, 4.69) is 10.1 Å². The third kappa shape index (κ3) is 2.94. The molecule has 100 valence electrons. The van der Waals surface area contributed by atoms with E-state index in [0.29, 0.717) is 23.5 Å². The molecule has 0 saturated carbocycles. The molecule has 0 aliphatic carbocycles. The van der Waals surface area contributed by atoms with Crippen molar-refractivity contribution >= 4 is 5.69 Å². The SMILES string of the molecule is Cc1ccc(-c2ncn(CC(C)O)n2)cc1[N+](=O)[O-]. The van der Waals surface area contributed by atoms with Gasteiger partial charge in [0.05, 0.1) is 17.6 Å². The molecule has 0 radical (unpaired) electrons. The van der Waals surface area contributed by atoms with Gasteiger partial charge in [-0.15, -0.1) is 0 Å². The van der Waals surface area contributed by atoms with Crippen LogP contribution in [0.3, 0.4) is 0 Å². The average molecular weight is 262 g/mol. The Kier molecular flexibility index (Phi) is 3.57. The van der Waals surface area contributed by atoms with E-state index in [9.17, 15) is 15.2 Å². The molecule has 2 rings (SSSR count). The lowest BCUT2D eigenvalue weighted by atomic mass is 10.1. The molecule has 1 heterocycles. The van der Waals surface area contributed by atoms with Crippen molar-refractivity contribution in [3.05, 3.63) is 40.2 Å². The zero-order chi connectivity index (χ0) is 14.0. The number of nitrogens with zero attached hydrogens (tertiary/aromatic N) is 4. The fraction of sp³-hybridized carbons (Fsp3) is 0.333. The Morgan fingerprint density at radius 1 is 1.53 bits per heavy atom. The summed E-state index contributed by atoms with van der Waals surface area (Å²) in [7, 11) is 0. The number of hydrogen-bond donors (Lipinski definition) is 1. The van der Waals surface area contributed by atoms with E-state index in [-0.39, 0.29) is 5.69 Å². The molecular weight excluding hydrogens is 248 g/mol. The highest BCUT2D eigenvalue weighted by atomic mass is 16.6. The van der Waals surface area contributed by atoms with Crippen LogP contribution in [-0.2, 0) is 6.54 Å². The van der Waals surface area contributed by atoms with Crippen molar-refractivity contribution in [2.75, 3.05) is 0 Å². The third-order valence-electron chi connectivity index (χ3n) is 2.65. The minimum absolute atomic E-state index is 0.0457. The summed E-state index contributed by atoms with van der Waals surface area (Å²) in [4.78, 5) is 14.5. The second-order valence-electron chi connectivity index (χ2n) is 4.40. The summed E-state index contributed by atoms with van der Waals surface area (Å²) in [5, 5.41) is 24.3. The van der Waals surface area contributed by atoms with E-state index >= 15 is 0 Å². The number of aliphatic hydroxyl groups is 1. The third-order valence-corrected chi connectivity index (χ3v) is 2.65. The standard InChI is InChI=1S/C12H14N4O3/c1-8-3-4-10(5-11(8)16(18)19)12-13-7-15(14-12)6-9(2)17/h3-5,7,9,17H,6H2,1-2H3. The highest BCUT2D eigenvalue weighted by Crippen LogP contribution is 2.24. The van der Waals surface area contributed by atoms with Gasteiger partial charge in [-0.25, -0.2) is 9.67 Å². The van der Waals surface area contributed by atoms with Crippen molar-refractivity contribution in [2.24, 2.45) is 0 Å². The molecule has 7 heteroatoms. The van der Waals surface area contributed by atoms with Crippen molar-refractivity contribution in [3.63, 3.8) is 0 Å². The molecule has 2 aromatic rings. The van der Waals surface area contributed by atoms with Crippen molar-refractivity contribution < 1.29 is 10.0 Å². The van der Waals surface area contributed by atoms with Gasteiger partial charge in [0.25, 0.3) is 5.69 Å². The highest BCUT2D eigenvalue weighted by Gasteiger charge is 2.14. The predicted octanol–water partition coefficient (Wildman–Crippen LogP) is 1.54. The second-order valence-corrected chi connectivity index (χ2v) is 4.40. The molecule has 1 aromatic heterocycles. The van der Waals surface area contributed by atoms with E-state index in [4.69, 9.17) is 0 Å². The van der Waals surface area contributed by atoms with E-state index in [1.807, 2.05) is 0 Å². The number of nitro benzene ring substituents is 1. The molecule has 0 saturated heterocycles. The topological polar surface area (TPSA) is 94.1 Å². The lowest BCUT2D eigenvalue weighted by Gasteiger charge is -2.02. The van der Waals surface area contributed by atoms with Crippen LogP contribution >= 0.6 is 0 Å². The largest absolute Gasteiger partial charge is 0.391 e. The van der Waals surface area contributed by atoms with Gasteiger partial charge < -0.3 is 5.11 Å². The van der Waals surface area contributed by atoms with Gasteiger partial charge in [0.2, 0.25) is 0 Å². The van der Waals surface area contributed by atoms with Crippen LogP contribution in [0, 0.1) is 17.0 Å². The Bertz CT molecular complexity index is 607. The number of aliphatic hydroxyl groups excluding tert-OH is 1. The normalized spacial score (nSPS) is 12.4. The van der Waals surface area contributed by atoms with Crippen LogP contribution in [0.15, 0.2) is 24.5 Å². The quantitative estimate of drug-likeness (QED) is 0.666. The number of aromatic nitrogens is 3. The van der Waals surface area contributed by atoms with Gasteiger partial charge in [-0.3, -0.25) is 10.1 Å². The van der Waals surface area contributed by atoms with E-state index in [0.717, 1.165) is 0 Å². The maximum Gasteiger partial charge on any atom is 0.273 e. The van der Waals surface area contributed by atoms with Crippen molar-refractivity contribution in [1.82, 2.24) is 14.8 Å². The second kappa shape index (κ2) is 5.15. The van der Waals surface area contributed by atoms with Gasteiger partial charge in [0.1, 0.15) is 6.33 Å². The minimum Gasteiger partial charge on any atom is -0.391 e. The number of nitro groups is 1. The molecule has 1 unspecified atom stereocenters. The summed E-state index contributed by atoms with van der Waals surface area (Å²) in [5.74, 6) is 0.406. The first kappa shape index (κ1) is 13.2. The van der Waals surface area contributed by atoms with Gasteiger partial charge >= 0.3 is 0 Å². The van der Waals surface area contributed by atoms with Crippen molar-refractivity contribution in [1.29, 1.82) is 0 Å². The Balaban J connectivity index is 2.34. The molecule has 19 heavy (non-hydrogen) atoms. The summed E-state index contributed by atoms with van der Waals surface area (Å²) in [5.41, 5.74) is 1.23. The fourth-order valence-electron chi connectivity index (χ4n) is 1.73. The van der Waals surface area contributed by atoms with Crippen LogP contribution in [0.2, 0.25) is 0 Å². The predicted molar refractivity (Wildman–Crippen MR) is 68.5 cm³/mol. The molecule has 0 aliphatic rings. The summed E-state index contributed by atoms with van der Waals surface area (Å²) in [6.45, 7) is 3.67. The number of aryl methyl sites for hydroxylation is 1. The zero-order valence-corrected chi connectivity index (χ0v) is 10.6. The Morgan fingerprint density at radius 3 is 2.89 bits per heavy atom. The van der Waals surface area contributed by atoms with Gasteiger partial charge in [-0.05, 0) is 13.8 Å². The first-order valence-electron chi connectivity index (χ1n) is 5.80. The molecule has 0 spiro atoms. The Hall–Kier alpha value is -2.28. The van der Waals surface area contributed by atoms with Crippen LogP contribution in [0.4, 0.5) is 5.69 Å². The zero-order valence-electron chi connectivity index (χ0n) is 10.6. The molecule has 0 amide bonds. The molecule has 1 N–H and O–H groups in total. The van der Waals surface area contributed by atoms with Crippen LogP contribution in [-0.4, -0.2) is 30.9 Å². The Morgan fingerprint density at radius 2 is 2.26 bits per heavy atom. The summed E-state index contributed by atoms with van der Waals surface area (Å²) >= 11 is 0. The smallest absolute Gasteiger partial charge is 0.273 e. The first-order chi connectivity index (χ1) is 8.97. The van der Waals surface area contributed by atoms with Crippen molar-refractivity contribution in [3.8, 4) is 11.4 Å². The van der Waals surface area contributed by atoms with E-state index in [1.54, 1.807) is 26.0 Å². The van der Waals surface area contributed by atoms with Gasteiger partial charge in [0, 0.05) is 17.2 Å². The summed E-state index contributed by atoms with van der Waals surface area (Å²) in [6, 6.07) is 4.87. The van der Waals surface area contributed by atoms with E-state index in [1.165, 1.54) is 17.1 Å². The van der Waals surface area contributed by atoms with E-state index < -0.39 is 11.0 Å². The molecular formula is C12H14N4O3. The molecule has 0 aliphatic heterocycles. The van der Waals surface area contributed by atoms with Crippen molar-refractivity contribution in [2.45, 2.75) is 26.5 Å².